The minimum atomic E-state index is -0.271. The number of quaternary nitrogens is 1. The van der Waals surface area contributed by atoms with E-state index in [1.807, 2.05) is 12.4 Å². The molecule has 1 saturated carbocycles. The molecule has 2 unspecified atom stereocenters. The summed E-state index contributed by atoms with van der Waals surface area (Å²) in [5.74, 6) is 0.866. The molecule has 1 amide bonds. The van der Waals surface area contributed by atoms with Crippen LogP contribution in [0.4, 0.5) is 0 Å². The Kier molecular flexibility index (Phi) is 5.37. The van der Waals surface area contributed by atoms with Crippen LogP contribution in [0.5, 0.6) is 0 Å². The van der Waals surface area contributed by atoms with Crippen molar-refractivity contribution in [3.05, 3.63) is 72.4 Å². The fourth-order valence-corrected chi connectivity index (χ4v) is 3.89. The molecule has 7 nitrogen and oxygen atoms in total. The fourth-order valence-electron chi connectivity index (χ4n) is 3.89. The number of pyridine rings is 1. The van der Waals surface area contributed by atoms with Gasteiger partial charge in [0.15, 0.2) is 0 Å². The second-order valence-corrected chi connectivity index (χ2v) is 7.79. The first-order valence-electron chi connectivity index (χ1n) is 9.98. The maximum Gasteiger partial charge on any atom is 0.274 e. The average Bonchev–Trinajstić information content (AvgIpc) is 3.55. The molecular formula is C23H25N6O+. The number of aromatic nitrogens is 1. The van der Waals surface area contributed by atoms with Crippen LogP contribution in [0.2, 0.25) is 0 Å². The van der Waals surface area contributed by atoms with E-state index in [2.05, 4.69) is 58.0 Å². The van der Waals surface area contributed by atoms with Crippen LogP contribution in [0.25, 0.3) is 5.57 Å². The van der Waals surface area contributed by atoms with Gasteiger partial charge in [0, 0.05) is 30.9 Å². The van der Waals surface area contributed by atoms with Crippen LogP contribution in [-0.4, -0.2) is 47.4 Å². The Morgan fingerprint density at radius 2 is 2.23 bits per heavy atom. The third-order valence-corrected chi connectivity index (χ3v) is 5.68. The standard InChI is InChI=1S/C23H24N6O/c1-4-16(14-24-2)17-10-11-25-21(13-17)23(30)27-19-7-5-6-18(12-19)22-28-26-15-29(22,3)20-8-9-20/h4-5,7,10-15,18,20H,1-2,6,8-9H2,3H3/p+1. The SMILES string of the molecule is C=CC(=CN=C)c1ccnc(C(=O)NC2=CC(C3=NN=C[N+]3(C)C3CC3)CC=C2)c1. The number of amides is 1. The predicted octanol–water partition coefficient (Wildman–Crippen LogP) is 3.46. The molecule has 1 fully saturated rings. The molecule has 1 aromatic heterocycles. The van der Waals surface area contributed by atoms with Crippen LogP contribution in [0.15, 0.2) is 76.3 Å². The Morgan fingerprint density at radius 1 is 1.40 bits per heavy atom. The first-order chi connectivity index (χ1) is 14.5. The summed E-state index contributed by atoms with van der Waals surface area (Å²) in [7, 11) is 2.16. The highest BCUT2D eigenvalue weighted by Crippen LogP contribution is 2.36. The van der Waals surface area contributed by atoms with Crippen LogP contribution < -0.4 is 5.32 Å². The summed E-state index contributed by atoms with van der Waals surface area (Å²) >= 11 is 0. The lowest BCUT2D eigenvalue weighted by molar-refractivity contribution is -0.730. The molecule has 1 aromatic rings. The zero-order valence-electron chi connectivity index (χ0n) is 17.0. The van der Waals surface area contributed by atoms with Gasteiger partial charge in [-0.25, -0.2) is 4.48 Å². The summed E-state index contributed by atoms with van der Waals surface area (Å²) in [5, 5.41) is 11.6. The summed E-state index contributed by atoms with van der Waals surface area (Å²) in [6, 6.07) is 4.09. The molecule has 7 heteroatoms. The lowest BCUT2D eigenvalue weighted by Crippen LogP contribution is -2.51. The van der Waals surface area contributed by atoms with E-state index in [0.29, 0.717) is 16.2 Å². The van der Waals surface area contributed by atoms with E-state index >= 15 is 0 Å². The first kappa shape index (κ1) is 19.8. The molecule has 30 heavy (non-hydrogen) atoms. The molecule has 2 heterocycles. The number of nitrogens with zero attached hydrogens (tertiary/aromatic N) is 5. The Bertz CT molecular complexity index is 1040. The number of carbonyl (C=O) groups is 1. The van der Waals surface area contributed by atoms with Crippen molar-refractivity contribution in [1.29, 1.82) is 0 Å². The molecule has 3 aliphatic rings. The van der Waals surface area contributed by atoms with E-state index in [-0.39, 0.29) is 11.8 Å². The van der Waals surface area contributed by atoms with Crippen molar-refractivity contribution in [2.75, 3.05) is 7.05 Å². The summed E-state index contributed by atoms with van der Waals surface area (Å²) in [6.45, 7) is 7.25. The Labute approximate surface area is 176 Å². The smallest absolute Gasteiger partial charge is 0.274 e. The molecule has 0 bridgehead atoms. The van der Waals surface area contributed by atoms with Crippen molar-refractivity contribution < 1.29 is 9.28 Å². The lowest BCUT2D eigenvalue weighted by Gasteiger charge is -2.30. The van der Waals surface area contributed by atoms with Gasteiger partial charge in [-0.1, -0.05) is 28.9 Å². The minimum absolute atomic E-state index is 0.103. The van der Waals surface area contributed by atoms with Crippen LogP contribution in [0, 0.1) is 5.92 Å². The molecule has 0 aromatic carbocycles. The monoisotopic (exact) mass is 401 g/mol. The maximum absolute atomic E-state index is 12.8. The molecule has 0 spiro atoms. The van der Waals surface area contributed by atoms with Gasteiger partial charge in [-0.2, -0.15) is 0 Å². The number of nitrogens with one attached hydrogen (secondary N) is 1. The van der Waals surface area contributed by atoms with Crippen molar-refractivity contribution in [2.45, 2.75) is 25.3 Å². The molecule has 152 valence electrons. The number of hydrogen-bond acceptors (Lipinski definition) is 5. The van der Waals surface area contributed by atoms with Gasteiger partial charge in [-0.05, 0) is 48.6 Å². The van der Waals surface area contributed by atoms with Crippen LogP contribution in [0.3, 0.4) is 0 Å². The van der Waals surface area contributed by atoms with Gasteiger partial charge in [0.2, 0.25) is 12.2 Å². The Balaban J connectivity index is 1.51. The van der Waals surface area contributed by atoms with Crippen LogP contribution >= 0.6 is 0 Å². The fraction of sp³-hybridized carbons (Fsp3) is 0.261. The van der Waals surface area contributed by atoms with Crippen molar-refractivity contribution in [3.8, 4) is 0 Å². The Hall–Kier alpha value is -3.45. The zero-order valence-corrected chi connectivity index (χ0v) is 17.0. The summed E-state index contributed by atoms with van der Waals surface area (Å²) in [5.41, 5.74) is 2.64. The highest BCUT2D eigenvalue weighted by molar-refractivity contribution is 5.95. The third kappa shape index (κ3) is 3.84. The summed E-state index contributed by atoms with van der Waals surface area (Å²) < 4.78 is 0.674. The van der Waals surface area contributed by atoms with E-state index in [0.717, 1.165) is 29.1 Å². The highest BCUT2D eigenvalue weighted by Gasteiger charge is 2.49. The number of carbonyl (C=O) groups excluding carboxylic acids is 1. The molecule has 1 N–H and O–H groups in total. The van der Waals surface area contributed by atoms with Gasteiger partial charge < -0.3 is 5.32 Å². The minimum Gasteiger partial charge on any atom is -0.321 e. The van der Waals surface area contributed by atoms with E-state index in [9.17, 15) is 4.79 Å². The normalized spacial score (nSPS) is 25.5. The van der Waals surface area contributed by atoms with Crippen LogP contribution in [0.1, 0.15) is 35.3 Å². The molecule has 1 aliphatic heterocycles. The van der Waals surface area contributed by atoms with Crippen LogP contribution in [-0.2, 0) is 0 Å². The molecule has 4 rings (SSSR count). The van der Waals surface area contributed by atoms with Gasteiger partial charge in [-0.3, -0.25) is 14.8 Å². The quantitative estimate of drug-likeness (QED) is 0.431. The molecule has 0 radical (unpaired) electrons. The average molecular weight is 401 g/mol. The topological polar surface area (TPSA) is 79.1 Å². The van der Waals surface area contributed by atoms with E-state index in [1.165, 1.54) is 12.8 Å². The van der Waals surface area contributed by atoms with Gasteiger partial charge in [0.05, 0.1) is 13.0 Å². The Morgan fingerprint density at radius 3 is 2.97 bits per heavy atom. The predicted molar refractivity (Wildman–Crippen MR) is 120 cm³/mol. The molecule has 2 atom stereocenters. The lowest BCUT2D eigenvalue weighted by atomic mass is 9.96. The summed E-state index contributed by atoms with van der Waals surface area (Å²) in [4.78, 5) is 20.8. The number of allylic oxidation sites excluding steroid dienone is 4. The summed E-state index contributed by atoms with van der Waals surface area (Å²) in [6.07, 6.45) is 16.1. The highest BCUT2D eigenvalue weighted by atomic mass is 16.1. The van der Waals surface area contributed by atoms with Gasteiger partial charge in [0.25, 0.3) is 5.91 Å². The van der Waals surface area contributed by atoms with E-state index < -0.39 is 0 Å². The van der Waals surface area contributed by atoms with Gasteiger partial charge in [-0.15, -0.1) is 0 Å². The molecule has 0 saturated heterocycles. The maximum atomic E-state index is 12.8. The first-order valence-corrected chi connectivity index (χ1v) is 9.98. The number of rotatable bonds is 7. The second-order valence-electron chi connectivity index (χ2n) is 7.79. The van der Waals surface area contributed by atoms with Crippen molar-refractivity contribution >= 4 is 30.4 Å². The number of aliphatic imine (C=N–C) groups is 1. The van der Waals surface area contributed by atoms with Crippen molar-refractivity contribution in [2.24, 2.45) is 21.1 Å². The van der Waals surface area contributed by atoms with E-state index in [1.54, 1.807) is 30.6 Å². The van der Waals surface area contributed by atoms with Gasteiger partial charge in [0.1, 0.15) is 11.7 Å². The van der Waals surface area contributed by atoms with Crippen molar-refractivity contribution in [1.82, 2.24) is 10.3 Å². The van der Waals surface area contributed by atoms with Crippen molar-refractivity contribution in [3.63, 3.8) is 0 Å². The zero-order chi connectivity index (χ0) is 21.1. The number of hydrogen-bond donors (Lipinski definition) is 1. The largest absolute Gasteiger partial charge is 0.321 e. The van der Waals surface area contributed by atoms with E-state index in [4.69, 9.17) is 0 Å². The molecular weight excluding hydrogens is 376 g/mol. The molecule has 2 aliphatic carbocycles. The van der Waals surface area contributed by atoms with Gasteiger partial charge >= 0.3 is 0 Å². The number of amidine groups is 1. The second kappa shape index (κ2) is 8.12. The third-order valence-electron chi connectivity index (χ3n) is 5.68.